The minimum atomic E-state index is -0.366. The van der Waals surface area contributed by atoms with Crippen molar-refractivity contribution in [3.63, 3.8) is 0 Å². The molecule has 0 aliphatic rings. The predicted molar refractivity (Wildman–Crippen MR) is 114 cm³/mol. The number of hydrogen-bond acceptors (Lipinski definition) is 4. The highest BCUT2D eigenvalue weighted by atomic mass is 35.5. The molecule has 0 fully saturated rings. The lowest BCUT2D eigenvalue weighted by atomic mass is 10.0. The Labute approximate surface area is 174 Å². The molecule has 4 nitrogen and oxygen atoms in total. The van der Waals surface area contributed by atoms with Crippen molar-refractivity contribution in [2.75, 3.05) is 7.11 Å². The maximum atomic E-state index is 12.2. The number of allylic oxidation sites excluding steroid dienone is 1. The molecule has 29 heavy (non-hydrogen) atoms. The maximum Gasteiger partial charge on any atom is 0.315 e. The molecule has 3 rings (SSSR count). The number of hydrogen-bond donors (Lipinski definition) is 0. The molecule has 0 heterocycles. The number of halogens is 1. The monoisotopic (exact) mass is 403 g/mol. The molecule has 0 aliphatic heterocycles. The number of carbonyl (C=O) groups is 1. The van der Waals surface area contributed by atoms with Crippen LogP contribution >= 0.6 is 11.6 Å². The molecule has 0 saturated heterocycles. The average Bonchev–Trinajstić information content (AvgIpc) is 2.73. The van der Waals surface area contributed by atoms with Crippen LogP contribution in [0.1, 0.15) is 16.7 Å². The highest BCUT2D eigenvalue weighted by Gasteiger charge is 2.08. The molecule has 0 amide bonds. The predicted octanol–water partition coefficient (Wildman–Crippen LogP) is 5.56. The van der Waals surface area contributed by atoms with Crippen LogP contribution in [-0.4, -0.2) is 13.1 Å². The summed E-state index contributed by atoms with van der Waals surface area (Å²) in [7, 11) is 1.59. The van der Waals surface area contributed by atoms with Gasteiger partial charge in [0.15, 0.2) is 0 Å². The summed E-state index contributed by atoms with van der Waals surface area (Å²) >= 11 is 5.91. The molecule has 0 bridgehead atoms. The summed E-state index contributed by atoms with van der Waals surface area (Å²) in [4.78, 5) is 12.2. The zero-order valence-corrected chi connectivity index (χ0v) is 16.5. The summed E-state index contributed by atoms with van der Waals surface area (Å²) in [5, 5.41) is 10.1. The van der Waals surface area contributed by atoms with Gasteiger partial charge in [0.2, 0.25) is 0 Å². The molecule has 0 unspecified atom stereocenters. The Morgan fingerprint density at radius 2 is 1.76 bits per heavy atom. The van der Waals surface area contributed by atoms with Gasteiger partial charge >= 0.3 is 5.97 Å². The van der Waals surface area contributed by atoms with Crippen molar-refractivity contribution in [1.29, 1.82) is 5.26 Å². The number of nitrogens with zero attached hydrogens (tertiary/aromatic N) is 1. The lowest BCUT2D eigenvalue weighted by molar-refractivity contribution is -0.133. The van der Waals surface area contributed by atoms with Crippen molar-refractivity contribution in [1.82, 2.24) is 0 Å². The molecular weight excluding hydrogens is 386 g/mol. The van der Waals surface area contributed by atoms with Crippen LogP contribution in [0.2, 0.25) is 5.02 Å². The van der Waals surface area contributed by atoms with Crippen LogP contribution < -0.4 is 9.47 Å². The second-order valence-electron chi connectivity index (χ2n) is 6.25. The van der Waals surface area contributed by atoms with E-state index in [2.05, 4.69) is 6.07 Å². The first kappa shape index (κ1) is 20.2. The number of ether oxygens (including phenoxy) is 2. The fourth-order valence-electron chi connectivity index (χ4n) is 2.72. The van der Waals surface area contributed by atoms with Gasteiger partial charge in [0, 0.05) is 5.02 Å². The minimum Gasteiger partial charge on any atom is -0.497 e. The minimum absolute atomic E-state index is 0.151. The van der Waals surface area contributed by atoms with Gasteiger partial charge in [-0.05, 0) is 59.2 Å². The van der Waals surface area contributed by atoms with Crippen molar-refractivity contribution in [2.24, 2.45) is 0 Å². The Kier molecular flexibility index (Phi) is 6.67. The molecule has 144 valence electrons. The van der Waals surface area contributed by atoms with Gasteiger partial charge in [0.25, 0.3) is 0 Å². The van der Waals surface area contributed by atoms with Crippen molar-refractivity contribution in [2.45, 2.75) is 6.42 Å². The Balaban J connectivity index is 1.72. The van der Waals surface area contributed by atoms with Crippen molar-refractivity contribution >= 4 is 29.2 Å². The molecule has 0 radical (unpaired) electrons. The van der Waals surface area contributed by atoms with E-state index in [1.165, 1.54) is 0 Å². The second-order valence-corrected chi connectivity index (χ2v) is 6.68. The zero-order chi connectivity index (χ0) is 20.6. The maximum absolute atomic E-state index is 12.2. The number of carbonyl (C=O) groups excluding carboxylic acids is 1. The van der Waals surface area contributed by atoms with Crippen LogP contribution in [0.4, 0.5) is 0 Å². The third kappa shape index (κ3) is 5.71. The van der Waals surface area contributed by atoms with E-state index >= 15 is 0 Å². The molecule has 0 saturated carbocycles. The number of esters is 1. The highest BCUT2D eigenvalue weighted by molar-refractivity contribution is 6.30. The van der Waals surface area contributed by atoms with Gasteiger partial charge in [-0.15, -0.1) is 0 Å². The average molecular weight is 404 g/mol. The molecule has 0 spiro atoms. The third-order valence-corrected chi connectivity index (χ3v) is 4.44. The fourth-order valence-corrected chi connectivity index (χ4v) is 2.85. The van der Waals surface area contributed by atoms with Crippen LogP contribution in [0.5, 0.6) is 11.5 Å². The standard InChI is InChI=1S/C24H18ClNO3/c1-28-22-11-5-17(6-12-22)15-24(27)29-23-4-2-3-18(14-23)13-20(16-26)19-7-9-21(25)10-8-19/h2-14H,15H2,1H3/b20-13-. The van der Waals surface area contributed by atoms with Crippen LogP contribution in [0, 0.1) is 11.3 Å². The first-order valence-electron chi connectivity index (χ1n) is 8.89. The summed E-state index contributed by atoms with van der Waals surface area (Å²) in [6.45, 7) is 0. The van der Waals surface area contributed by atoms with Crippen LogP contribution in [-0.2, 0) is 11.2 Å². The Morgan fingerprint density at radius 1 is 1.03 bits per heavy atom. The largest absolute Gasteiger partial charge is 0.497 e. The van der Waals surface area contributed by atoms with Gasteiger partial charge in [-0.1, -0.05) is 48.0 Å². The Hall–Kier alpha value is -3.55. The van der Waals surface area contributed by atoms with E-state index in [1.807, 2.05) is 18.2 Å². The van der Waals surface area contributed by atoms with Gasteiger partial charge in [0.05, 0.1) is 25.2 Å². The van der Waals surface area contributed by atoms with Crippen molar-refractivity contribution < 1.29 is 14.3 Å². The van der Waals surface area contributed by atoms with Crippen molar-refractivity contribution in [3.05, 3.63) is 94.5 Å². The summed E-state index contributed by atoms with van der Waals surface area (Å²) in [5.74, 6) is 0.788. The lowest BCUT2D eigenvalue weighted by Crippen LogP contribution is -2.11. The highest BCUT2D eigenvalue weighted by Crippen LogP contribution is 2.22. The van der Waals surface area contributed by atoms with Crippen LogP contribution in [0.15, 0.2) is 72.8 Å². The van der Waals surface area contributed by atoms with Gasteiger partial charge < -0.3 is 9.47 Å². The molecule has 0 atom stereocenters. The van der Waals surface area contributed by atoms with E-state index in [1.54, 1.807) is 67.8 Å². The zero-order valence-electron chi connectivity index (χ0n) is 15.8. The Bertz CT molecular complexity index is 1060. The fraction of sp³-hybridized carbons (Fsp3) is 0.0833. The third-order valence-electron chi connectivity index (χ3n) is 4.18. The number of benzene rings is 3. The summed E-state index contributed by atoms with van der Waals surface area (Å²) in [6.07, 6.45) is 1.89. The smallest absolute Gasteiger partial charge is 0.315 e. The quantitative estimate of drug-likeness (QED) is 0.234. The summed E-state index contributed by atoms with van der Waals surface area (Å²) in [6, 6.07) is 23.5. The van der Waals surface area contributed by atoms with Gasteiger partial charge in [-0.3, -0.25) is 4.79 Å². The van der Waals surface area contributed by atoms with Gasteiger partial charge in [0.1, 0.15) is 11.5 Å². The van der Waals surface area contributed by atoms with Crippen LogP contribution in [0.3, 0.4) is 0 Å². The normalized spacial score (nSPS) is 10.9. The number of rotatable bonds is 6. The SMILES string of the molecule is COc1ccc(CC(=O)Oc2cccc(/C=C(/C#N)c3ccc(Cl)cc3)c2)cc1. The van der Waals surface area contributed by atoms with E-state index in [9.17, 15) is 10.1 Å². The van der Waals surface area contributed by atoms with Crippen molar-refractivity contribution in [3.8, 4) is 17.6 Å². The molecular formula is C24H18ClNO3. The van der Waals surface area contributed by atoms with Gasteiger partial charge in [-0.2, -0.15) is 5.26 Å². The van der Waals surface area contributed by atoms with E-state index < -0.39 is 0 Å². The molecule has 0 N–H and O–H groups in total. The molecule has 5 heteroatoms. The molecule has 3 aromatic carbocycles. The second kappa shape index (κ2) is 9.59. The summed E-state index contributed by atoms with van der Waals surface area (Å²) < 4.78 is 10.6. The summed E-state index contributed by atoms with van der Waals surface area (Å²) in [5.41, 5.74) is 2.84. The molecule has 0 aromatic heterocycles. The Morgan fingerprint density at radius 3 is 2.41 bits per heavy atom. The van der Waals surface area contributed by atoms with E-state index in [4.69, 9.17) is 21.1 Å². The van der Waals surface area contributed by atoms with Gasteiger partial charge in [-0.25, -0.2) is 0 Å². The van der Waals surface area contributed by atoms with E-state index in [0.29, 0.717) is 16.3 Å². The van der Waals surface area contributed by atoms with Crippen LogP contribution in [0.25, 0.3) is 11.6 Å². The molecule has 0 aliphatic carbocycles. The number of methoxy groups -OCH3 is 1. The topological polar surface area (TPSA) is 59.3 Å². The molecule has 3 aromatic rings. The number of nitriles is 1. The van der Waals surface area contributed by atoms with E-state index in [0.717, 1.165) is 22.4 Å². The lowest BCUT2D eigenvalue weighted by Gasteiger charge is -2.07. The first-order chi connectivity index (χ1) is 14.1. The van der Waals surface area contributed by atoms with E-state index in [-0.39, 0.29) is 12.4 Å². The first-order valence-corrected chi connectivity index (χ1v) is 9.26.